The highest BCUT2D eigenvalue weighted by molar-refractivity contribution is 7.92. The molecule has 7 heteroatoms. The highest BCUT2D eigenvalue weighted by Gasteiger charge is 2.22. The highest BCUT2D eigenvalue weighted by atomic mass is 32.2. The van der Waals surface area contributed by atoms with E-state index in [1.165, 1.54) is 19.2 Å². The highest BCUT2D eigenvalue weighted by Crippen LogP contribution is 2.27. The topological polar surface area (TPSA) is 84.5 Å². The van der Waals surface area contributed by atoms with Gasteiger partial charge in [-0.05, 0) is 55.7 Å². The van der Waals surface area contributed by atoms with Gasteiger partial charge in [0.25, 0.3) is 15.9 Å². The molecule has 0 aliphatic carbocycles. The fourth-order valence-corrected chi connectivity index (χ4v) is 3.71. The third-order valence-electron chi connectivity index (χ3n) is 4.32. The van der Waals surface area contributed by atoms with E-state index in [1.807, 2.05) is 32.9 Å². The average Bonchev–Trinajstić information content (AvgIpc) is 2.67. The Morgan fingerprint density at radius 2 is 1.78 bits per heavy atom. The third-order valence-corrected chi connectivity index (χ3v) is 5.72. The van der Waals surface area contributed by atoms with Gasteiger partial charge in [-0.1, -0.05) is 26.0 Å². The van der Waals surface area contributed by atoms with Gasteiger partial charge in [0.05, 0.1) is 7.11 Å². The Morgan fingerprint density at radius 3 is 2.33 bits per heavy atom. The van der Waals surface area contributed by atoms with Crippen molar-refractivity contribution in [3.8, 4) is 5.75 Å². The van der Waals surface area contributed by atoms with E-state index < -0.39 is 10.0 Å². The number of rotatable bonds is 8. The van der Waals surface area contributed by atoms with Crippen LogP contribution in [0.5, 0.6) is 5.75 Å². The number of hydrogen-bond acceptors (Lipinski definition) is 4. The molecular formula is C20H26N2O4S. The molecule has 27 heavy (non-hydrogen) atoms. The molecule has 0 fully saturated rings. The summed E-state index contributed by atoms with van der Waals surface area (Å²) in [7, 11) is -2.53. The normalized spacial score (nSPS) is 12.3. The lowest BCUT2D eigenvalue weighted by molar-refractivity contribution is 0.0939. The summed E-state index contributed by atoms with van der Waals surface area (Å²) in [5, 5.41) is 2.83. The molecule has 0 aromatic heterocycles. The molecule has 0 aliphatic rings. The van der Waals surface area contributed by atoms with Crippen molar-refractivity contribution in [2.24, 2.45) is 0 Å². The van der Waals surface area contributed by atoms with Gasteiger partial charge in [-0.2, -0.15) is 0 Å². The second-order valence-corrected chi connectivity index (χ2v) is 7.96. The molecule has 1 amide bonds. The van der Waals surface area contributed by atoms with Crippen LogP contribution in [0, 0.1) is 0 Å². The first-order valence-electron chi connectivity index (χ1n) is 8.91. The van der Waals surface area contributed by atoms with E-state index in [0.717, 1.165) is 18.4 Å². The number of amides is 1. The Labute approximate surface area is 161 Å². The molecule has 1 unspecified atom stereocenters. The zero-order valence-electron chi connectivity index (χ0n) is 16.1. The molecule has 6 nitrogen and oxygen atoms in total. The van der Waals surface area contributed by atoms with Crippen LogP contribution >= 0.6 is 0 Å². The van der Waals surface area contributed by atoms with Crippen LogP contribution in [0.4, 0.5) is 5.69 Å². The maximum Gasteiger partial charge on any atom is 0.265 e. The van der Waals surface area contributed by atoms with E-state index in [9.17, 15) is 13.2 Å². The number of sulfonamides is 1. The summed E-state index contributed by atoms with van der Waals surface area (Å²) in [6.45, 7) is 5.88. The molecule has 2 N–H and O–H groups in total. The van der Waals surface area contributed by atoms with Gasteiger partial charge in [0.15, 0.2) is 0 Å². The molecule has 2 aromatic rings. The molecule has 0 spiro atoms. The lowest BCUT2D eigenvalue weighted by Gasteiger charge is -2.15. The van der Waals surface area contributed by atoms with Crippen molar-refractivity contribution < 1.29 is 17.9 Å². The summed E-state index contributed by atoms with van der Waals surface area (Å²) >= 11 is 0. The second-order valence-electron chi connectivity index (χ2n) is 6.30. The molecule has 2 aromatic carbocycles. The molecule has 146 valence electrons. The molecule has 0 saturated carbocycles. The zero-order valence-corrected chi connectivity index (χ0v) is 16.9. The maximum absolute atomic E-state index is 12.9. The van der Waals surface area contributed by atoms with Gasteiger partial charge in [0, 0.05) is 17.3 Å². The monoisotopic (exact) mass is 390 g/mol. The van der Waals surface area contributed by atoms with E-state index in [-0.39, 0.29) is 28.2 Å². The number of hydrogen-bond donors (Lipinski definition) is 2. The van der Waals surface area contributed by atoms with Gasteiger partial charge >= 0.3 is 0 Å². The van der Waals surface area contributed by atoms with E-state index in [2.05, 4.69) is 10.0 Å². The number of carbonyl (C=O) groups is 1. The molecule has 1 atom stereocenters. The van der Waals surface area contributed by atoms with E-state index >= 15 is 0 Å². The molecular weight excluding hydrogens is 364 g/mol. The van der Waals surface area contributed by atoms with Crippen molar-refractivity contribution in [1.82, 2.24) is 5.32 Å². The number of carbonyl (C=O) groups excluding carboxylic acids is 1. The lowest BCUT2D eigenvalue weighted by atomic mass is 10.2. The molecule has 0 heterocycles. The van der Waals surface area contributed by atoms with E-state index in [0.29, 0.717) is 5.69 Å². The quantitative estimate of drug-likeness (QED) is 0.721. The summed E-state index contributed by atoms with van der Waals surface area (Å²) in [4.78, 5) is 12.3. The van der Waals surface area contributed by atoms with Gasteiger partial charge < -0.3 is 10.1 Å². The minimum atomic E-state index is -3.92. The van der Waals surface area contributed by atoms with Crippen molar-refractivity contribution >= 4 is 21.6 Å². The minimum Gasteiger partial charge on any atom is -0.495 e. The van der Waals surface area contributed by atoms with Gasteiger partial charge in [-0.25, -0.2) is 8.42 Å². The second kappa shape index (κ2) is 8.90. The number of benzene rings is 2. The van der Waals surface area contributed by atoms with Crippen LogP contribution in [0.2, 0.25) is 0 Å². The van der Waals surface area contributed by atoms with Crippen LogP contribution in [0.15, 0.2) is 47.4 Å². The molecule has 2 rings (SSSR count). The fourth-order valence-electron chi connectivity index (χ4n) is 2.46. The maximum atomic E-state index is 12.9. The van der Waals surface area contributed by atoms with Crippen LogP contribution in [0.3, 0.4) is 0 Å². The standard InChI is InChI=1S/C20H26N2O4S/c1-5-14(3)21-20(23)16-9-12-18(26-4)19(13-16)27(24,25)22-17-10-7-15(6-2)8-11-17/h7-14,22H,5-6H2,1-4H3,(H,21,23). The van der Waals surface area contributed by atoms with Gasteiger partial charge in [-0.3, -0.25) is 9.52 Å². The van der Waals surface area contributed by atoms with Crippen molar-refractivity contribution in [2.45, 2.75) is 44.6 Å². The fraction of sp³-hybridized carbons (Fsp3) is 0.350. The first-order chi connectivity index (χ1) is 12.8. The van der Waals surface area contributed by atoms with Gasteiger partial charge in [0.1, 0.15) is 10.6 Å². The SMILES string of the molecule is CCc1ccc(NS(=O)(=O)c2cc(C(=O)NC(C)CC)ccc2OC)cc1. The predicted molar refractivity (Wildman–Crippen MR) is 107 cm³/mol. The summed E-state index contributed by atoms with van der Waals surface area (Å²) in [5.74, 6) is -0.150. The Bertz CT molecular complexity index is 893. The summed E-state index contributed by atoms with van der Waals surface area (Å²) < 4.78 is 33.5. The van der Waals surface area contributed by atoms with Gasteiger partial charge in [-0.15, -0.1) is 0 Å². The summed E-state index contributed by atoms with van der Waals surface area (Å²) in [5.41, 5.74) is 1.82. The first-order valence-corrected chi connectivity index (χ1v) is 10.4. The van der Waals surface area contributed by atoms with Crippen molar-refractivity contribution in [3.63, 3.8) is 0 Å². The third kappa shape index (κ3) is 5.23. The van der Waals surface area contributed by atoms with Crippen LogP contribution in [0.25, 0.3) is 0 Å². The number of nitrogens with one attached hydrogen (secondary N) is 2. The van der Waals surface area contributed by atoms with Crippen LogP contribution in [-0.4, -0.2) is 27.5 Å². The van der Waals surface area contributed by atoms with Crippen LogP contribution in [0.1, 0.15) is 43.1 Å². The molecule has 0 saturated heterocycles. The summed E-state index contributed by atoms with van der Waals surface area (Å²) in [6, 6.07) is 11.5. The smallest absolute Gasteiger partial charge is 0.265 e. The largest absolute Gasteiger partial charge is 0.495 e. The number of anilines is 1. The molecule has 0 bridgehead atoms. The Balaban J connectivity index is 2.35. The zero-order chi connectivity index (χ0) is 20.0. The Kier molecular flexibility index (Phi) is 6.85. The van der Waals surface area contributed by atoms with E-state index in [4.69, 9.17) is 4.74 Å². The Hall–Kier alpha value is -2.54. The molecule has 0 radical (unpaired) electrons. The molecule has 0 aliphatic heterocycles. The van der Waals surface area contributed by atoms with Crippen molar-refractivity contribution in [2.75, 3.05) is 11.8 Å². The first kappa shape index (κ1) is 20.8. The minimum absolute atomic E-state index is 0.00476. The lowest BCUT2D eigenvalue weighted by Crippen LogP contribution is -2.32. The van der Waals surface area contributed by atoms with Crippen molar-refractivity contribution in [1.29, 1.82) is 0 Å². The van der Waals surface area contributed by atoms with E-state index in [1.54, 1.807) is 18.2 Å². The predicted octanol–water partition coefficient (Wildman–Crippen LogP) is 3.59. The van der Waals surface area contributed by atoms with Gasteiger partial charge in [0.2, 0.25) is 0 Å². The number of methoxy groups -OCH3 is 1. The number of ether oxygens (including phenoxy) is 1. The van der Waals surface area contributed by atoms with Crippen LogP contribution in [-0.2, 0) is 16.4 Å². The summed E-state index contributed by atoms with van der Waals surface area (Å²) in [6.07, 6.45) is 1.65. The van der Waals surface area contributed by atoms with Crippen LogP contribution < -0.4 is 14.8 Å². The number of aryl methyl sites for hydroxylation is 1. The average molecular weight is 391 g/mol. The Morgan fingerprint density at radius 1 is 1.11 bits per heavy atom. The van der Waals surface area contributed by atoms with Crippen molar-refractivity contribution in [3.05, 3.63) is 53.6 Å².